The number of rotatable bonds is 5. The monoisotopic (exact) mass is 303 g/mol. The summed E-state index contributed by atoms with van der Waals surface area (Å²) in [5, 5.41) is 7.46. The Bertz CT molecular complexity index is 647. The first-order valence-electron chi connectivity index (χ1n) is 6.40. The first-order chi connectivity index (χ1) is 9.83. The smallest absolute Gasteiger partial charge is 0.146 e. The Hall–Kier alpha value is -1.65. The van der Waals surface area contributed by atoms with Crippen molar-refractivity contribution >= 4 is 28.4 Å². The Morgan fingerprint density at radius 2 is 1.75 bits per heavy atom. The molecule has 0 aliphatic rings. The second-order valence-corrected chi connectivity index (χ2v) is 6.49. The molecule has 0 fully saturated rings. The molecule has 4 heteroatoms. The van der Waals surface area contributed by atoms with E-state index in [9.17, 15) is 4.39 Å². The number of anilines is 1. The maximum Gasteiger partial charge on any atom is 0.146 e. The van der Waals surface area contributed by atoms with Gasteiger partial charge in [-0.25, -0.2) is 4.39 Å². The van der Waals surface area contributed by atoms with E-state index in [-0.39, 0.29) is 11.9 Å². The van der Waals surface area contributed by atoms with Gasteiger partial charge in [0.1, 0.15) is 5.82 Å². The zero-order valence-corrected chi connectivity index (χ0v) is 12.4. The average molecular weight is 303 g/mol. The summed E-state index contributed by atoms with van der Waals surface area (Å²) < 4.78 is 13.8. The molecule has 2 heterocycles. The van der Waals surface area contributed by atoms with Crippen molar-refractivity contribution in [2.24, 2.45) is 0 Å². The van der Waals surface area contributed by atoms with E-state index >= 15 is 0 Å². The fraction of sp³-hybridized carbons (Fsp3) is 0.125. The molecule has 1 atom stereocenters. The molecule has 3 aromatic rings. The average Bonchev–Trinajstić information content (AvgIpc) is 3.12. The summed E-state index contributed by atoms with van der Waals surface area (Å²) in [5.41, 5.74) is 0.558. The molecule has 20 heavy (non-hydrogen) atoms. The van der Waals surface area contributed by atoms with E-state index < -0.39 is 0 Å². The first kappa shape index (κ1) is 13.3. The van der Waals surface area contributed by atoms with Gasteiger partial charge >= 0.3 is 0 Å². The maximum atomic E-state index is 13.8. The molecule has 0 aliphatic carbocycles. The summed E-state index contributed by atoms with van der Waals surface area (Å²) in [6.45, 7) is 0. The summed E-state index contributed by atoms with van der Waals surface area (Å²) in [5.74, 6) is -0.208. The fourth-order valence-electron chi connectivity index (χ4n) is 2.11. The number of nitrogens with one attached hydrogen (secondary N) is 1. The van der Waals surface area contributed by atoms with Crippen LogP contribution in [-0.2, 0) is 6.42 Å². The summed E-state index contributed by atoms with van der Waals surface area (Å²) in [4.78, 5) is 2.52. The maximum absolute atomic E-state index is 13.8. The molecule has 1 nitrogen and oxygen atoms in total. The summed E-state index contributed by atoms with van der Waals surface area (Å²) >= 11 is 3.43. The lowest BCUT2D eigenvalue weighted by Gasteiger charge is -2.18. The summed E-state index contributed by atoms with van der Waals surface area (Å²) in [6.07, 6.45) is 0.868. The van der Waals surface area contributed by atoms with E-state index in [0.717, 1.165) is 6.42 Å². The molecule has 102 valence electrons. The molecule has 1 unspecified atom stereocenters. The van der Waals surface area contributed by atoms with Crippen molar-refractivity contribution in [1.82, 2.24) is 0 Å². The van der Waals surface area contributed by atoms with E-state index in [2.05, 4.69) is 34.3 Å². The van der Waals surface area contributed by atoms with Crippen LogP contribution >= 0.6 is 22.7 Å². The summed E-state index contributed by atoms with van der Waals surface area (Å²) in [7, 11) is 0. The van der Waals surface area contributed by atoms with Crippen molar-refractivity contribution in [1.29, 1.82) is 0 Å². The number of para-hydroxylation sites is 1. The molecular formula is C16H14FNS2. The standard InChI is InChI=1S/C16H14FNS2/c17-13-6-1-2-7-14(13)18-15(16-8-4-10-20-16)11-12-5-3-9-19-12/h1-10,15,18H,11H2. The van der Waals surface area contributed by atoms with Gasteiger partial charge in [-0.15, -0.1) is 22.7 Å². The minimum absolute atomic E-state index is 0.102. The van der Waals surface area contributed by atoms with E-state index in [1.54, 1.807) is 34.8 Å². The van der Waals surface area contributed by atoms with Gasteiger partial charge < -0.3 is 5.32 Å². The van der Waals surface area contributed by atoms with Crippen molar-refractivity contribution < 1.29 is 4.39 Å². The van der Waals surface area contributed by atoms with Gasteiger partial charge in [-0.3, -0.25) is 0 Å². The van der Waals surface area contributed by atoms with Crippen molar-refractivity contribution in [2.45, 2.75) is 12.5 Å². The molecule has 0 amide bonds. The van der Waals surface area contributed by atoms with Gasteiger partial charge in [-0.05, 0) is 35.0 Å². The van der Waals surface area contributed by atoms with Crippen LogP contribution in [0.1, 0.15) is 15.8 Å². The van der Waals surface area contributed by atoms with Crippen LogP contribution in [0.15, 0.2) is 59.3 Å². The molecule has 2 aromatic heterocycles. The minimum atomic E-state index is -0.208. The number of benzene rings is 1. The second kappa shape index (κ2) is 6.20. The largest absolute Gasteiger partial charge is 0.375 e. The third-order valence-electron chi connectivity index (χ3n) is 3.08. The van der Waals surface area contributed by atoms with Crippen LogP contribution in [0.5, 0.6) is 0 Å². The second-order valence-electron chi connectivity index (χ2n) is 4.48. The lowest BCUT2D eigenvalue weighted by Crippen LogP contribution is -2.12. The molecule has 0 saturated carbocycles. The van der Waals surface area contributed by atoms with Crippen molar-refractivity contribution in [2.75, 3.05) is 5.32 Å². The van der Waals surface area contributed by atoms with Crippen molar-refractivity contribution in [3.05, 3.63) is 74.9 Å². The number of hydrogen-bond donors (Lipinski definition) is 1. The number of thiophene rings is 2. The molecule has 0 saturated heterocycles. The molecule has 0 radical (unpaired) electrons. The minimum Gasteiger partial charge on any atom is -0.375 e. The molecule has 0 bridgehead atoms. The Morgan fingerprint density at radius 1 is 0.950 bits per heavy atom. The van der Waals surface area contributed by atoms with Gasteiger partial charge in [0.25, 0.3) is 0 Å². The fourth-order valence-corrected chi connectivity index (χ4v) is 3.64. The molecule has 0 spiro atoms. The van der Waals surface area contributed by atoms with Crippen LogP contribution in [0.2, 0.25) is 0 Å². The highest BCUT2D eigenvalue weighted by atomic mass is 32.1. The number of hydrogen-bond acceptors (Lipinski definition) is 3. The van der Waals surface area contributed by atoms with Crippen LogP contribution in [0.3, 0.4) is 0 Å². The van der Waals surface area contributed by atoms with Crippen LogP contribution in [0.25, 0.3) is 0 Å². The van der Waals surface area contributed by atoms with Crippen molar-refractivity contribution in [3.63, 3.8) is 0 Å². The van der Waals surface area contributed by atoms with E-state index in [1.165, 1.54) is 15.8 Å². The predicted octanol–water partition coefficient (Wildman–Crippen LogP) is 5.34. The van der Waals surface area contributed by atoms with Crippen LogP contribution in [0.4, 0.5) is 10.1 Å². The van der Waals surface area contributed by atoms with Gasteiger partial charge in [0.2, 0.25) is 0 Å². The van der Waals surface area contributed by atoms with Gasteiger partial charge in [-0.2, -0.15) is 0 Å². The normalized spacial score (nSPS) is 12.2. The van der Waals surface area contributed by atoms with Crippen molar-refractivity contribution in [3.8, 4) is 0 Å². The van der Waals surface area contributed by atoms with E-state index in [1.807, 2.05) is 12.1 Å². The van der Waals surface area contributed by atoms with Gasteiger partial charge in [-0.1, -0.05) is 24.3 Å². The highest BCUT2D eigenvalue weighted by molar-refractivity contribution is 7.10. The van der Waals surface area contributed by atoms with Crippen LogP contribution in [-0.4, -0.2) is 0 Å². The zero-order valence-electron chi connectivity index (χ0n) is 10.8. The third kappa shape index (κ3) is 3.08. The molecule has 1 aromatic carbocycles. The zero-order chi connectivity index (χ0) is 13.8. The quantitative estimate of drug-likeness (QED) is 0.670. The third-order valence-corrected chi connectivity index (χ3v) is 4.96. The predicted molar refractivity (Wildman–Crippen MR) is 85.1 cm³/mol. The lowest BCUT2D eigenvalue weighted by molar-refractivity contribution is 0.626. The molecule has 1 N–H and O–H groups in total. The van der Waals surface area contributed by atoms with Gasteiger partial charge in [0.15, 0.2) is 0 Å². The van der Waals surface area contributed by atoms with Crippen LogP contribution < -0.4 is 5.32 Å². The van der Waals surface area contributed by atoms with Gasteiger partial charge in [0, 0.05) is 16.2 Å². The van der Waals surface area contributed by atoms with E-state index in [0.29, 0.717) is 5.69 Å². The highest BCUT2D eigenvalue weighted by Crippen LogP contribution is 2.29. The van der Waals surface area contributed by atoms with Gasteiger partial charge in [0.05, 0.1) is 11.7 Å². The van der Waals surface area contributed by atoms with E-state index in [4.69, 9.17) is 0 Å². The Morgan fingerprint density at radius 3 is 2.45 bits per heavy atom. The molecular weight excluding hydrogens is 289 g/mol. The number of halogens is 1. The molecule has 0 aliphatic heterocycles. The Balaban J connectivity index is 1.84. The Kier molecular flexibility index (Phi) is 4.14. The topological polar surface area (TPSA) is 12.0 Å². The molecule has 3 rings (SSSR count). The van der Waals surface area contributed by atoms with Crippen LogP contribution in [0, 0.1) is 5.82 Å². The lowest BCUT2D eigenvalue weighted by atomic mass is 10.1. The Labute approximate surface area is 125 Å². The SMILES string of the molecule is Fc1ccccc1NC(Cc1cccs1)c1cccs1. The highest BCUT2D eigenvalue weighted by Gasteiger charge is 2.15. The summed E-state index contributed by atoms with van der Waals surface area (Å²) in [6, 6.07) is 15.2. The first-order valence-corrected chi connectivity index (χ1v) is 8.16.